The summed E-state index contributed by atoms with van der Waals surface area (Å²) in [6.07, 6.45) is 1.63. The average Bonchev–Trinajstić information content (AvgIpc) is 3.25. The third-order valence-corrected chi connectivity index (χ3v) is 3.10. The van der Waals surface area contributed by atoms with Gasteiger partial charge in [-0.05, 0) is 18.9 Å². The van der Waals surface area contributed by atoms with E-state index in [1.807, 2.05) is 0 Å². The standard InChI is InChI=1S/C13H12N4O5/c14-5-8(13(20)16-7-1-2-7)11(15)6-3-9(17(21)22)12(19)10(18)4-6/h3-4,7,18-19H,1-2,15H2,(H,16,20)/b11-8-. The van der Waals surface area contributed by atoms with Gasteiger partial charge in [-0.3, -0.25) is 14.9 Å². The van der Waals surface area contributed by atoms with Crippen LogP contribution in [-0.2, 0) is 4.79 Å². The van der Waals surface area contributed by atoms with Crippen molar-refractivity contribution in [3.05, 3.63) is 33.4 Å². The Balaban J connectivity index is 2.48. The van der Waals surface area contributed by atoms with Crippen LogP contribution in [0.25, 0.3) is 5.70 Å². The van der Waals surface area contributed by atoms with E-state index >= 15 is 0 Å². The predicted octanol–water partition coefficient (Wildman–Crippen LogP) is 0.478. The van der Waals surface area contributed by atoms with Gasteiger partial charge >= 0.3 is 5.69 Å². The molecule has 0 spiro atoms. The van der Waals surface area contributed by atoms with Crippen LogP contribution >= 0.6 is 0 Å². The van der Waals surface area contributed by atoms with Gasteiger partial charge in [0.25, 0.3) is 5.91 Å². The van der Waals surface area contributed by atoms with Crippen molar-refractivity contribution >= 4 is 17.3 Å². The average molecular weight is 304 g/mol. The van der Waals surface area contributed by atoms with Crippen molar-refractivity contribution in [3.8, 4) is 17.6 Å². The van der Waals surface area contributed by atoms with Crippen LogP contribution < -0.4 is 11.1 Å². The highest BCUT2D eigenvalue weighted by Crippen LogP contribution is 2.37. The largest absolute Gasteiger partial charge is 0.504 e. The number of carbonyl (C=O) groups is 1. The van der Waals surface area contributed by atoms with Crippen molar-refractivity contribution in [1.82, 2.24) is 5.32 Å². The lowest BCUT2D eigenvalue weighted by Gasteiger charge is -2.08. The predicted molar refractivity (Wildman–Crippen MR) is 74.3 cm³/mol. The molecule has 0 aliphatic heterocycles. The van der Waals surface area contributed by atoms with Crippen molar-refractivity contribution in [1.29, 1.82) is 5.26 Å². The first-order valence-electron chi connectivity index (χ1n) is 6.26. The van der Waals surface area contributed by atoms with Crippen LogP contribution in [0, 0.1) is 21.4 Å². The maximum absolute atomic E-state index is 11.9. The van der Waals surface area contributed by atoms with Crippen LogP contribution in [0.5, 0.6) is 11.5 Å². The molecule has 2 rings (SSSR count). The molecule has 9 heteroatoms. The summed E-state index contributed by atoms with van der Waals surface area (Å²) in [6, 6.07) is 3.48. The fraction of sp³-hybridized carbons (Fsp3) is 0.231. The van der Waals surface area contributed by atoms with E-state index in [1.165, 1.54) is 0 Å². The van der Waals surface area contributed by atoms with Gasteiger partial charge < -0.3 is 21.3 Å². The number of carbonyl (C=O) groups excluding carboxylic acids is 1. The zero-order valence-electron chi connectivity index (χ0n) is 11.2. The van der Waals surface area contributed by atoms with E-state index in [0.717, 1.165) is 25.0 Å². The van der Waals surface area contributed by atoms with Gasteiger partial charge in [0.1, 0.15) is 11.6 Å². The van der Waals surface area contributed by atoms with Crippen molar-refractivity contribution < 1.29 is 19.9 Å². The molecule has 1 aromatic rings. The summed E-state index contributed by atoms with van der Waals surface area (Å²) in [5.41, 5.74) is 4.10. The quantitative estimate of drug-likeness (QED) is 0.206. The number of phenols is 2. The maximum Gasteiger partial charge on any atom is 0.315 e. The first-order valence-corrected chi connectivity index (χ1v) is 6.26. The second-order valence-electron chi connectivity index (χ2n) is 4.77. The van der Waals surface area contributed by atoms with E-state index in [1.54, 1.807) is 6.07 Å². The summed E-state index contributed by atoms with van der Waals surface area (Å²) < 4.78 is 0. The molecule has 9 nitrogen and oxygen atoms in total. The number of nitrogens with one attached hydrogen (secondary N) is 1. The summed E-state index contributed by atoms with van der Waals surface area (Å²) in [7, 11) is 0. The van der Waals surface area contributed by atoms with Crippen LogP contribution in [0.2, 0.25) is 0 Å². The Morgan fingerprint density at radius 1 is 1.45 bits per heavy atom. The lowest BCUT2D eigenvalue weighted by atomic mass is 10.1. The van der Waals surface area contributed by atoms with Crippen LogP contribution in [-0.4, -0.2) is 27.1 Å². The van der Waals surface area contributed by atoms with E-state index in [9.17, 15) is 25.1 Å². The number of aromatic hydroxyl groups is 2. The minimum absolute atomic E-state index is 0.00575. The normalized spacial score (nSPS) is 14.7. The molecule has 1 fully saturated rings. The van der Waals surface area contributed by atoms with Gasteiger partial charge in [-0.2, -0.15) is 5.26 Å². The summed E-state index contributed by atoms with van der Waals surface area (Å²) in [6.45, 7) is 0. The third-order valence-electron chi connectivity index (χ3n) is 3.10. The number of amides is 1. The molecule has 0 bridgehead atoms. The van der Waals surface area contributed by atoms with E-state index in [-0.39, 0.29) is 17.3 Å². The molecule has 0 radical (unpaired) electrons. The minimum atomic E-state index is -0.915. The molecule has 1 aliphatic carbocycles. The van der Waals surface area contributed by atoms with Gasteiger partial charge in [0, 0.05) is 17.7 Å². The van der Waals surface area contributed by atoms with Gasteiger partial charge in [-0.15, -0.1) is 0 Å². The molecule has 5 N–H and O–H groups in total. The van der Waals surface area contributed by atoms with Crippen molar-refractivity contribution in [2.45, 2.75) is 18.9 Å². The van der Waals surface area contributed by atoms with E-state index in [2.05, 4.69) is 5.32 Å². The molecular weight excluding hydrogens is 292 g/mol. The maximum atomic E-state index is 11.9. The topological polar surface area (TPSA) is 163 Å². The van der Waals surface area contributed by atoms with Gasteiger partial charge in [-0.25, -0.2) is 0 Å². The molecule has 0 atom stereocenters. The molecular formula is C13H12N4O5. The number of phenolic OH excluding ortho intramolecular Hbond substituents is 2. The van der Waals surface area contributed by atoms with Gasteiger partial charge in [0.05, 0.1) is 10.6 Å². The Morgan fingerprint density at radius 3 is 2.59 bits per heavy atom. The Kier molecular flexibility index (Phi) is 3.85. The zero-order valence-corrected chi connectivity index (χ0v) is 11.2. The molecule has 1 saturated carbocycles. The number of hydrogen-bond acceptors (Lipinski definition) is 7. The van der Waals surface area contributed by atoms with Crippen LogP contribution in [0.3, 0.4) is 0 Å². The Labute approximate surface area is 124 Å². The smallest absolute Gasteiger partial charge is 0.315 e. The Hall–Kier alpha value is -3.28. The van der Waals surface area contributed by atoms with Crippen molar-refractivity contribution in [2.75, 3.05) is 0 Å². The molecule has 1 aromatic carbocycles. The molecule has 0 heterocycles. The number of nitro groups is 1. The number of nitro benzene ring substituents is 1. The fourth-order valence-electron chi connectivity index (χ4n) is 1.76. The van der Waals surface area contributed by atoms with Crippen molar-refractivity contribution in [3.63, 3.8) is 0 Å². The first kappa shape index (κ1) is 15.1. The number of hydrogen-bond donors (Lipinski definition) is 4. The zero-order chi connectivity index (χ0) is 16.4. The molecule has 0 saturated heterocycles. The van der Waals surface area contributed by atoms with E-state index in [4.69, 9.17) is 11.0 Å². The lowest BCUT2D eigenvalue weighted by Crippen LogP contribution is -2.28. The summed E-state index contributed by atoms with van der Waals surface area (Å²) in [5.74, 6) is -2.37. The fourth-order valence-corrected chi connectivity index (χ4v) is 1.76. The summed E-state index contributed by atoms with van der Waals surface area (Å²) in [4.78, 5) is 21.8. The van der Waals surface area contributed by atoms with Crippen LogP contribution in [0.15, 0.2) is 17.7 Å². The molecule has 114 valence electrons. The second kappa shape index (κ2) is 5.61. The number of nitrogens with two attached hydrogens (primary N) is 1. The third kappa shape index (κ3) is 2.90. The SMILES string of the molecule is N#C/C(C(=O)NC1CC1)=C(/N)c1cc(O)c(O)c([N+](=O)[O-])c1. The molecule has 1 aliphatic rings. The molecule has 1 amide bonds. The van der Waals surface area contributed by atoms with Gasteiger partial charge in [-0.1, -0.05) is 0 Å². The molecule has 0 unspecified atom stereocenters. The number of rotatable bonds is 4. The molecule has 0 aromatic heterocycles. The second-order valence-corrected chi connectivity index (χ2v) is 4.77. The Bertz CT molecular complexity index is 731. The highest BCUT2D eigenvalue weighted by Gasteiger charge is 2.27. The van der Waals surface area contributed by atoms with E-state index in [0.29, 0.717) is 0 Å². The van der Waals surface area contributed by atoms with Gasteiger partial charge in [0.15, 0.2) is 5.75 Å². The Morgan fingerprint density at radius 2 is 2.09 bits per heavy atom. The minimum Gasteiger partial charge on any atom is -0.504 e. The highest BCUT2D eigenvalue weighted by atomic mass is 16.6. The highest BCUT2D eigenvalue weighted by molar-refractivity contribution is 6.04. The number of benzene rings is 1. The summed E-state index contributed by atoms with van der Waals surface area (Å²) in [5, 5.41) is 41.4. The van der Waals surface area contributed by atoms with Crippen LogP contribution in [0.4, 0.5) is 5.69 Å². The lowest BCUT2D eigenvalue weighted by molar-refractivity contribution is -0.386. The monoisotopic (exact) mass is 304 g/mol. The van der Waals surface area contributed by atoms with Crippen molar-refractivity contribution in [2.24, 2.45) is 5.73 Å². The first-order chi connectivity index (χ1) is 10.3. The molecule has 22 heavy (non-hydrogen) atoms. The number of nitriles is 1. The number of nitrogens with zero attached hydrogens (tertiary/aromatic N) is 2. The van der Waals surface area contributed by atoms with Gasteiger partial charge in [0.2, 0.25) is 5.75 Å². The van der Waals surface area contributed by atoms with Crippen LogP contribution in [0.1, 0.15) is 18.4 Å². The summed E-state index contributed by atoms with van der Waals surface area (Å²) >= 11 is 0. The van der Waals surface area contributed by atoms with E-state index < -0.39 is 33.6 Å².